The number of hydrogen-bond donors (Lipinski definition) is 1. The van der Waals surface area contributed by atoms with Gasteiger partial charge in [0.05, 0.1) is 0 Å². The second-order valence-corrected chi connectivity index (χ2v) is 5.73. The summed E-state index contributed by atoms with van der Waals surface area (Å²) in [6.45, 7) is 6.50. The van der Waals surface area contributed by atoms with Crippen molar-refractivity contribution in [3.05, 3.63) is 70.3 Å². The van der Waals surface area contributed by atoms with E-state index in [4.69, 9.17) is 0 Å². The van der Waals surface area contributed by atoms with E-state index in [1.54, 1.807) is 0 Å². The molecule has 20 heavy (non-hydrogen) atoms. The van der Waals surface area contributed by atoms with Gasteiger partial charge in [-0.05, 0) is 57.4 Å². The van der Waals surface area contributed by atoms with Crippen LogP contribution in [-0.2, 0) is 6.42 Å². The number of benzene rings is 2. The van der Waals surface area contributed by atoms with E-state index < -0.39 is 0 Å². The van der Waals surface area contributed by atoms with Crippen molar-refractivity contribution in [1.29, 1.82) is 0 Å². The van der Waals surface area contributed by atoms with E-state index in [1.165, 1.54) is 27.8 Å². The van der Waals surface area contributed by atoms with Crippen LogP contribution in [0.4, 0.5) is 0 Å². The normalized spacial score (nSPS) is 12.4. The van der Waals surface area contributed by atoms with Crippen LogP contribution in [0.5, 0.6) is 0 Å². The lowest BCUT2D eigenvalue weighted by atomic mass is 9.94. The molecule has 106 valence electrons. The third kappa shape index (κ3) is 3.71. The van der Waals surface area contributed by atoms with E-state index >= 15 is 0 Å². The number of nitrogens with one attached hydrogen (secondary N) is 1. The Balaban J connectivity index is 2.09. The first-order chi connectivity index (χ1) is 9.60. The van der Waals surface area contributed by atoms with Crippen LogP contribution >= 0.6 is 0 Å². The van der Waals surface area contributed by atoms with E-state index in [2.05, 4.69) is 75.6 Å². The van der Waals surface area contributed by atoms with Gasteiger partial charge >= 0.3 is 0 Å². The van der Waals surface area contributed by atoms with Crippen molar-refractivity contribution >= 4 is 0 Å². The monoisotopic (exact) mass is 267 g/mol. The van der Waals surface area contributed by atoms with Crippen molar-refractivity contribution in [2.45, 2.75) is 39.7 Å². The first kappa shape index (κ1) is 14.8. The molecular formula is C19H25N. The average Bonchev–Trinajstić information content (AvgIpc) is 2.45. The second-order valence-electron chi connectivity index (χ2n) is 5.73. The molecular weight excluding hydrogens is 242 g/mol. The topological polar surface area (TPSA) is 12.0 Å². The maximum absolute atomic E-state index is 3.47. The highest BCUT2D eigenvalue weighted by molar-refractivity contribution is 5.33. The van der Waals surface area contributed by atoms with Crippen LogP contribution in [-0.4, -0.2) is 7.05 Å². The van der Waals surface area contributed by atoms with Crippen LogP contribution in [0.2, 0.25) is 0 Å². The lowest BCUT2D eigenvalue weighted by molar-refractivity contribution is 0.546. The molecule has 0 heterocycles. The van der Waals surface area contributed by atoms with Crippen molar-refractivity contribution in [3.8, 4) is 0 Å². The van der Waals surface area contributed by atoms with E-state index in [-0.39, 0.29) is 0 Å². The fourth-order valence-electron chi connectivity index (χ4n) is 2.66. The van der Waals surface area contributed by atoms with Crippen LogP contribution in [0.3, 0.4) is 0 Å². The predicted molar refractivity (Wildman–Crippen MR) is 87.2 cm³/mol. The standard InChI is InChI=1S/C19H25N/c1-14-6-9-17(10-7-14)11-12-19(20-4)18-13-15(2)5-8-16(18)3/h5-10,13,19-20H,11-12H2,1-4H3. The van der Waals surface area contributed by atoms with E-state index in [9.17, 15) is 0 Å². The summed E-state index contributed by atoms with van der Waals surface area (Å²) in [6.07, 6.45) is 2.24. The van der Waals surface area contributed by atoms with Gasteiger partial charge in [0.15, 0.2) is 0 Å². The first-order valence-corrected chi connectivity index (χ1v) is 7.40. The van der Waals surface area contributed by atoms with Crippen LogP contribution in [0.1, 0.15) is 40.3 Å². The van der Waals surface area contributed by atoms with Gasteiger partial charge in [-0.2, -0.15) is 0 Å². The number of rotatable bonds is 5. The Hall–Kier alpha value is -1.60. The summed E-state index contributed by atoms with van der Waals surface area (Å²) < 4.78 is 0. The van der Waals surface area contributed by atoms with Gasteiger partial charge in [-0.15, -0.1) is 0 Å². The van der Waals surface area contributed by atoms with Crippen LogP contribution in [0.25, 0.3) is 0 Å². The molecule has 0 saturated heterocycles. The highest BCUT2D eigenvalue weighted by Gasteiger charge is 2.12. The van der Waals surface area contributed by atoms with Crippen molar-refractivity contribution in [1.82, 2.24) is 5.32 Å². The molecule has 0 aliphatic rings. The summed E-state index contributed by atoms with van der Waals surface area (Å²) in [7, 11) is 2.06. The molecule has 0 fully saturated rings. The Morgan fingerprint density at radius 3 is 2.20 bits per heavy atom. The zero-order valence-electron chi connectivity index (χ0n) is 13.0. The molecule has 2 aromatic rings. The minimum atomic E-state index is 0.427. The van der Waals surface area contributed by atoms with Gasteiger partial charge in [-0.25, -0.2) is 0 Å². The molecule has 0 saturated carbocycles. The fourth-order valence-corrected chi connectivity index (χ4v) is 2.66. The molecule has 0 amide bonds. The molecule has 0 bridgehead atoms. The third-order valence-corrected chi connectivity index (χ3v) is 4.00. The van der Waals surface area contributed by atoms with Crippen molar-refractivity contribution < 1.29 is 0 Å². The van der Waals surface area contributed by atoms with Crippen molar-refractivity contribution in [3.63, 3.8) is 0 Å². The van der Waals surface area contributed by atoms with Crippen molar-refractivity contribution in [2.75, 3.05) is 7.05 Å². The molecule has 1 heteroatoms. The van der Waals surface area contributed by atoms with Gasteiger partial charge in [0.1, 0.15) is 0 Å². The van der Waals surface area contributed by atoms with Crippen LogP contribution in [0.15, 0.2) is 42.5 Å². The minimum absolute atomic E-state index is 0.427. The Labute approximate surface area is 123 Å². The minimum Gasteiger partial charge on any atom is -0.313 e. The maximum atomic E-state index is 3.47. The van der Waals surface area contributed by atoms with Gasteiger partial charge in [-0.3, -0.25) is 0 Å². The Bertz CT molecular complexity index is 554. The van der Waals surface area contributed by atoms with E-state index in [1.807, 2.05) is 0 Å². The molecule has 0 radical (unpaired) electrons. The zero-order chi connectivity index (χ0) is 14.5. The predicted octanol–water partition coefficient (Wildman–Crippen LogP) is 4.51. The highest BCUT2D eigenvalue weighted by Crippen LogP contribution is 2.23. The Morgan fingerprint density at radius 1 is 0.900 bits per heavy atom. The average molecular weight is 267 g/mol. The SMILES string of the molecule is CNC(CCc1ccc(C)cc1)c1cc(C)ccc1C. The molecule has 0 aromatic heterocycles. The smallest absolute Gasteiger partial charge is 0.0323 e. The lowest BCUT2D eigenvalue weighted by Gasteiger charge is -2.19. The summed E-state index contributed by atoms with van der Waals surface area (Å²) >= 11 is 0. The molecule has 0 aliphatic carbocycles. The molecule has 1 N–H and O–H groups in total. The summed E-state index contributed by atoms with van der Waals surface area (Å²) in [5.74, 6) is 0. The Kier molecular flexibility index (Phi) is 4.97. The number of hydrogen-bond acceptors (Lipinski definition) is 1. The summed E-state index contributed by atoms with van der Waals surface area (Å²) in [4.78, 5) is 0. The third-order valence-electron chi connectivity index (χ3n) is 4.00. The molecule has 1 unspecified atom stereocenters. The molecule has 1 nitrogen and oxygen atoms in total. The lowest BCUT2D eigenvalue weighted by Crippen LogP contribution is -2.18. The van der Waals surface area contributed by atoms with Crippen molar-refractivity contribution in [2.24, 2.45) is 0 Å². The summed E-state index contributed by atoms with van der Waals surface area (Å²) in [5, 5.41) is 3.47. The molecule has 2 rings (SSSR count). The second kappa shape index (κ2) is 6.71. The first-order valence-electron chi connectivity index (χ1n) is 7.40. The van der Waals surface area contributed by atoms with Gasteiger partial charge in [0.2, 0.25) is 0 Å². The molecule has 0 spiro atoms. The largest absolute Gasteiger partial charge is 0.313 e. The van der Waals surface area contributed by atoms with E-state index in [0.717, 1.165) is 12.8 Å². The summed E-state index contributed by atoms with van der Waals surface area (Å²) in [5.41, 5.74) is 6.88. The molecule has 2 aromatic carbocycles. The van der Waals surface area contributed by atoms with Gasteiger partial charge in [0.25, 0.3) is 0 Å². The van der Waals surface area contributed by atoms with Gasteiger partial charge in [0, 0.05) is 6.04 Å². The van der Waals surface area contributed by atoms with Gasteiger partial charge < -0.3 is 5.32 Å². The zero-order valence-corrected chi connectivity index (χ0v) is 13.0. The van der Waals surface area contributed by atoms with Gasteiger partial charge in [-0.1, -0.05) is 53.6 Å². The summed E-state index contributed by atoms with van der Waals surface area (Å²) in [6, 6.07) is 16.0. The van der Waals surface area contributed by atoms with E-state index in [0.29, 0.717) is 6.04 Å². The fraction of sp³-hybridized carbons (Fsp3) is 0.368. The quantitative estimate of drug-likeness (QED) is 0.840. The van der Waals surface area contributed by atoms with Crippen LogP contribution in [0, 0.1) is 20.8 Å². The Morgan fingerprint density at radius 2 is 1.55 bits per heavy atom. The van der Waals surface area contributed by atoms with Crippen LogP contribution < -0.4 is 5.32 Å². The number of aryl methyl sites for hydroxylation is 4. The molecule has 0 aliphatic heterocycles. The maximum Gasteiger partial charge on any atom is 0.0323 e. The molecule has 1 atom stereocenters. The highest BCUT2D eigenvalue weighted by atomic mass is 14.9.